The molecule has 0 spiro atoms. The molecule has 4 heteroatoms. The zero-order chi connectivity index (χ0) is 12.6. The van der Waals surface area contributed by atoms with E-state index in [-0.39, 0.29) is 11.8 Å². The minimum Gasteiger partial charge on any atom is -0.381 e. The van der Waals surface area contributed by atoms with Gasteiger partial charge in [-0.1, -0.05) is 30.3 Å². The molecule has 1 aliphatic heterocycles. The van der Waals surface area contributed by atoms with Crippen LogP contribution in [0.25, 0.3) is 0 Å². The molecular weight excluding hydrogens is 246 g/mol. The summed E-state index contributed by atoms with van der Waals surface area (Å²) < 4.78 is 5.20. The number of hydrogen-bond acceptors (Lipinski definition) is 3. The largest absolute Gasteiger partial charge is 0.381 e. The summed E-state index contributed by atoms with van der Waals surface area (Å²) in [5.41, 5.74) is 1.33. The van der Waals surface area contributed by atoms with Gasteiger partial charge in [-0.3, -0.25) is 4.79 Å². The third kappa shape index (κ3) is 4.35. The highest BCUT2D eigenvalue weighted by molar-refractivity contribution is 7.98. The molecule has 1 aromatic rings. The second kappa shape index (κ2) is 7.44. The molecule has 1 fully saturated rings. The van der Waals surface area contributed by atoms with Crippen LogP contribution in [0.4, 0.5) is 0 Å². The number of carbonyl (C=O) groups excluding carboxylic acids is 1. The van der Waals surface area contributed by atoms with E-state index in [9.17, 15) is 4.79 Å². The van der Waals surface area contributed by atoms with Crippen molar-refractivity contribution >= 4 is 17.7 Å². The number of rotatable bonds is 6. The van der Waals surface area contributed by atoms with E-state index in [1.54, 1.807) is 0 Å². The highest BCUT2D eigenvalue weighted by atomic mass is 32.2. The van der Waals surface area contributed by atoms with Crippen LogP contribution in [0.2, 0.25) is 0 Å². The van der Waals surface area contributed by atoms with Gasteiger partial charge in [0, 0.05) is 24.7 Å². The van der Waals surface area contributed by atoms with Crippen molar-refractivity contribution in [3.63, 3.8) is 0 Å². The third-order valence-electron chi connectivity index (χ3n) is 2.96. The van der Waals surface area contributed by atoms with Crippen molar-refractivity contribution in [3.05, 3.63) is 35.9 Å². The van der Waals surface area contributed by atoms with Crippen LogP contribution in [0.1, 0.15) is 12.0 Å². The van der Waals surface area contributed by atoms with Gasteiger partial charge < -0.3 is 10.1 Å². The molecule has 0 saturated carbocycles. The predicted octanol–water partition coefficient (Wildman–Crippen LogP) is 2.07. The summed E-state index contributed by atoms with van der Waals surface area (Å²) in [4.78, 5) is 11.7. The summed E-state index contributed by atoms with van der Waals surface area (Å²) in [6.45, 7) is 2.05. The van der Waals surface area contributed by atoms with E-state index in [1.807, 2.05) is 17.8 Å². The summed E-state index contributed by atoms with van der Waals surface area (Å²) >= 11 is 1.84. The Morgan fingerprint density at radius 3 is 2.94 bits per heavy atom. The lowest BCUT2D eigenvalue weighted by Gasteiger charge is -2.08. The molecule has 2 rings (SSSR count). The number of hydrogen-bond donors (Lipinski definition) is 1. The van der Waals surface area contributed by atoms with E-state index in [2.05, 4.69) is 29.6 Å². The molecule has 1 atom stereocenters. The molecule has 0 unspecified atom stereocenters. The van der Waals surface area contributed by atoms with Gasteiger partial charge in [-0.05, 0) is 12.0 Å². The van der Waals surface area contributed by atoms with Gasteiger partial charge in [-0.15, -0.1) is 0 Å². The fraction of sp³-hybridized carbons (Fsp3) is 0.500. The Morgan fingerprint density at radius 1 is 1.39 bits per heavy atom. The predicted molar refractivity (Wildman–Crippen MR) is 74.5 cm³/mol. The molecule has 1 aliphatic rings. The van der Waals surface area contributed by atoms with E-state index in [0.717, 1.165) is 31.1 Å². The molecule has 1 heterocycles. The first kappa shape index (κ1) is 13.4. The Morgan fingerprint density at radius 2 is 2.22 bits per heavy atom. The lowest BCUT2D eigenvalue weighted by molar-refractivity contribution is -0.124. The number of nitrogens with one attached hydrogen (secondary N) is 1. The Balaban J connectivity index is 1.54. The number of carbonyl (C=O) groups is 1. The molecule has 1 saturated heterocycles. The van der Waals surface area contributed by atoms with Crippen molar-refractivity contribution in [1.29, 1.82) is 0 Å². The average molecular weight is 265 g/mol. The SMILES string of the molecule is O=C(NCCSCc1ccccc1)[C@H]1CCOC1. The lowest BCUT2D eigenvalue weighted by atomic mass is 10.1. The van der Waals surface area contributed by atoms with Gasteiger partial charge in [0.2, 0.25) is 5.91 Å². The van der Waals surface area contributed by atoms with Crippen molar-refractivity contribution in [2.75, 3.05) is 25.5 Å². The maximum absolute atomic E-state index is 11.7. The smallest absolute Gasteiger partial charge is 0.225 e. The molecule has 98 valence electrons. The molecule has 1 amide bonds. The molecular formula is C14H19NO2S. The highest BCUT2D eigenvalue weighted by Gasteiger charge is 2.22. The zero-order valence-electron chi connectivity index (χ0n) is 10.4. The van der Waals surface area contributed by atoms with E-state index in [1.165, 1.54) is 5.56 Å². The van der Waals surface area contributed by atoms with Crippen LogP contribution in [-0.4, -0.2) is 31.4 Å². The van der Waals surface area contributed by atoms with Crippen LogP contribution < -0.4 is 5.32 Å². The van der Waals surface area contributed by atoms with Gasteiger partial charge in [-0.2, -0.15) is 11.8 Å². The minimum absolute atomic E-state index is 0.0733. The molecule has 3 nitrogen and oxygen atoms in total. The summed E-state index contributed by atoms with van der Waals surface area (Å²) in [7, 11) is 0. The van der Waals surface area contributed by atoms with Crippen molar-refractivity contribution in [3.8, 4) is 0 Å². The van der Waals surface area contributed by atoms with Crippen molar-refractivity contribution < 1.29 is 9.53 Å². The van der Waals surface area contributed by atoms with Crippen LogP contribution in [0.3, 0.4) is 0 Å². The standard InChI is InChI=1S/C14H19NO2S/c16-14(13-6-8-17-10-13)15-7-9-18-11-12-4-2-1-3-5-12/h1-5,13H,6-11H2,(H,15,16)/t13-/m0/s1. The monoisotopic (exact) mass is 265 g/mol. The zero-order valence-corrected chi connectivity index (χ0v) is 11.2. The van der Waals surface area contributed by atoms with Gasteiger partial charge in [0.25, 0.3) is 0 Å². The molecule has 1 aromatic carbocycles. The molecule has 18 heavy (non-hydrogen) atoms. The molecule has 0 radical (unpaired) electrons. The van der Waals surface area contributed by atoms with Gasteiger partial charge in [0.15, 0.2) is 0 Å². The van der Waals surface area contributed by atoms with Crippen LogP contribution >= 0.6 is 11.8 Å². The fourth-order valence-electron chi connectivity index (χ4n) is 1.90. The summed E-state index contributed by atoms with van der Waals surface area (Å²) in [6, 6.07) is 10.4. The third-order valence-corrected chi connectivity index (χ3v) is 3.99. The van der Waals surface area contributed by atoms with Crippen LogP contribution in [0, 0.1) is 5.92 Å². The van der Waals surface area contributed by atoms with Crippen molar-refractivity contribution in [2.24, 2.45) is 5.92 Å². The van der Waals surface area contributed by atoms with Crippen LogP contribution in [0.5, 0.6) is 0 Å². The van der Waals surface area contributed by atoms with Crippen molar-refractivity contribution in [1.82, 2.24) is 5.32 Å². The summed E-state index contributed by atoms with van der Waals surface area (Å²) in [5.74, 6) is 2.18. The van der Waals surface area contributed by atoms with E-state index in [0.29, 0.717) is 6.61 Å². The first-order valence-electron chi connectivity index (χ1n) is 6.33. The first-order valence-corrected chi connectivity index (χ1v) is 7.49. The van der Waals surface area contributed by atoms with Gasteiger partial charge in [0.1, 0.15) is 0 Å². The van der Waals surface area contributed by atoms with E-state index >= 15 is 0 Å². The number of ether oxygens (including phenoxy) is 1. The number of thioether (sulfide) groups is 1. The quantitative estimate of drug-likeness (QED) is 0.800. The first-order chi connectivity index (χ1) is 8.86. The maximum atomic E-state index is 11.7. The van der Waals surface area contributed by atoms with Gasteiger partial charge in [-0.25, -0.2) is 0 Å². The second-order valence-corrected chi connectivity index (χ2v) is 5.49. The average Bonchev–Trinajstić information content (AvgIpc) is 2.93. The van der Waals surface area contributed by atoms with E-state index < -0.39 is 0 Å². The van der Waals surface area contributed by atoms with Gasteiger partial charge >= 0.3 is 0 Å². The topological polar surface area (TPSA) is 38.3 Å². The fourth-order valence-corrected chi connectivity index (χ4v) is 2.72. The Hall–Kier alpha value is -1.00. The molecule has 1 N–H and O–H groups in total. The maximum Gasteiger partial charge on any atom is 0.225 e. The molecule has 0 bridgehead atoms. The molecule has 0 aliphatic carbocycles. The molecule has 0 aromatic heterocycles. The lowest BCUT2D eigenvalue weighted by Crippen LogP contribution is -2.32. The summed E-state index contributed by atoms with van der Waals surface area (Å²) in [6.07, 6.45) is 0.864. The second-order valence-electron chi connectivity index (χ2n) is 4.39. The minimum atomic E-state index is 0.0733. The van der Waals surface area contributed by atoms with Gasteiger partial charge in [0.05, 0.1) is 12.5 Å². The Bertz CT molecular complexity index is 363. The van der Waals surface area contributed by atoms with Crippen LogP contribution in [-0.2, 0) is 15.3 Å². The van der Waals surface area contributed by atoms with Crippen molar-refractivity contribution in [2.45, 2.75) is 12.2 Å². The van der Waals surface area contributed by atoms with Crippen LogP contribution in [0.15, 0.2) is 30.3 Å². The highest BCUT2D eigenvalue weighted by Crippen LogP contribution is 2.13. The number of benzene rings is 1. The Labute approximate surface area is 112 Å². The Kier molecular flexibility index (Phi) is 5.55. The van der Waals surface area contributed by atoms with E-state index in [4.69, 9.17) is 4.74 Å². The summed E-state index contributed by atoms with van der Waals surface area (Å²) in [5, 5.41) is 2.97. The normalized spacial score (nSPS) is 18.8. The number of amides is 1.